The number of carbonyl (C=O) groups is 1. The molecule has 1 aromatic heterocycles. The van der Waals surface area contributed by atoms with Crippen molar-refractivity contribution in [3.8, 4) is 5.75 Å². The number of amides is 1. The molecule has 0 N–H and O–H groups in total. The highest BCUT2D eigenvalue weighted by Crippen LogP contribution is 2.28. The van der Waals surface area contributed by atoms with Crippen LogP contribution in [0.2, 0.25) is 0 Å². The van der Waals surface area contributed by atoms with Gasteiger partial charge in [0.15, 0.2) is 5.82 Å². The lowest BCUT2D eigenvalue weighted by Gasteiger charge is -2.34. The molecular weight excluding hydrogens is 330 g/mol. The van der Waals surface area contributed by atoms with Gasteiger partial charge in [-0.05, 0) is 42.3 Å². The smallest absolute Gasteiger partial charge is 0.233 e. The number of ether oxygens (including phenoxy) is 1. The van der Waals surface area contributed by atoms with Gasteiger partial charge in [0, 0.05) is 32.5 Å². The number of benzene rings is 1. The quantitative estimate of drug-likeness (QED) is 0.845. The number of tetrazole rings is 1. The number of aromatic nitrogens is 4. The molecular formula is C19H25N5O2. The fourth-order valence-electron chi connectivity index (χ4n) is 3.82. The van der Waals surface area contributed by atoms with Crippen LogP contribution in [0, 0.1) is 6.92 Å². The minimum atomic E-state index is -0.206. The summed E-state index contributed by atoms with van der Waals surface area (Å²) >= 11 is 0. The first-order valence-corrected chi connectivity index (χ1v) is 9.49. The van der Waals surface area contributed by atoms with Gasteiger partial charge in [-0.3, -0.25) is 4.79 Å². The molecule has 2 aliphatic rings. The average molecular weight is 355 g/mol. The lowest BCUT2D eigenvalue weighted by Crippen LogP contribution is -2.44. The summed E-state index contributed by atoms with van der Waals surface area (Å²) in [4.78, 5) is 15.0. The van der Waals surface area contributed by atoms with Crippen LogP contribution in [0.4, 0.5) is 0 Å². The maximum Gasteiger partial charge on any atom is 0.233 e. The molecule has 26 heavy (non-hydrogen) atoms. The van der Waals surface area contributed by atoms with Crippen LogP contribution in [0.5, 0.6) is 5.75 Å². The van der Waals surface area contributed by atoms with Crippen molar-refractivity contribution in [1.82, 2.24) is 25.1 Å². The van der Waals surface area contributed by atoms with E-state index in [-0.39, 0.29) is 17.9 Å². The molecule has 0 radical (unpaired) electrons. The van der Waals surface area contributed by atoms with Gasteiger partial charge >= 0.3 is 0 Å². The van der Waals surface area contributed by atoms with Crippen molar-refractivity contribution in [2.75, 3.05) is 13.1 Å². The molecule has 2 aliphatic heterocycles. The summed E-state index contributed by atoms with van der Waals surface area (Å²) in [5, 5.41) is 11.9. The summed E-state index contributed by atoms with van der Waals surface area (Å²) in [6, 6.07) is 8.14. The van der Waals surface area contributed by atoms with E-state index in [1.807, 2.05) is 17.0 Å². The van der Waals surface area contributed by atoms with Crippen LogP contribution in [0.15, 0.2) is 24.3 Å². The monoisotopic (exact) mass is 355 g/mol. The van der Waals surface area contributed by atoms with Crippen LogP contribution < -0.4 is 4.74 Å². The van der Waals surface area contributed by atoms with Crippen LogP contribution in [0.1, 0.15) is 49.4 Å². The molecule has 0 spiro atoms. The van der Waals surface area contributed by atoms with Gasteiger partial charge in [-0.2, -0.15) is 0 Å². The van der Waals surface area contributed by atoms with Crippen molar-refractivity contribution in [1.29, 1.82) is 0 Å². The van der Waals surface area contributed by atoms with Crippen molar-refractivity contribution < 1.29 is 9.53 Å². The van der Waals surface area contributed by atoms with Gasteiger partial charge in [0.2, 0.25) is 5.91 Å². The standard InChI is InChI=1S/C19H25N5O2/c1-14-5-7-15(8-6-14)26-16-9-12-23(13-10-16)19(25)17-4-2-3-11-24-18(17)20-21-22-24/h5-8,16-17H,2-4,9-13H2,1H3/t17-/m1/s1. The van der Waals surface area contributed by atoms with E-state index in [1.54, 1.807) is 4.68 Å². The maximum absolute atomic E-state index is 13.0. The minimum absolute atomic E-state index is 0.164. The normalized spacial score (nSPS) is 21.1. The summed E-state index contributed by atoms with van der Waals surface area (Å²) in [5.41, 5.74) is 1.23. The van der Waals surface area contributed by atoms with Crippen molar-refractivity contribution in [2.24, 2.45) is 0 Å². The maximum atomic E-state index is 13.0. The van der Waals surface area contributed by atoms with Crippen LogP contribution >= 0.6 is 0 Å². The first kappa shape index (κ1) is 17.0. The number of piperidine rings is 1. The minimum Gasteiger partial charge on any atom is -0.490 e. The Morgan fingerprint density at radius 1 is 1.08 bits per heavy atom. The van der Waals surface area contributed by atoms with Crippen molar-refractivity contribution in [3.63, 3.8) is 0 Å². The third-order valence-corrected chi connectivity index (χ3v) is 5.36. The molecule has 0 bridgehead atoms. The molecule has 4 rings (SSSR count). The summed E-state index contributed by atoms with van der Waals surface area (Å²) in [6.07, 6.45) is 4.76. The summed E-state index contributed by atoms with van der Waals surface area (Å²) in [6.45, 7) is 4.33. The first-order valence-electron chi connectivity index (χ1n) is 9.49. The zero-order valence-electron chi connectivity index (χ0n) is 15.2. The van der Waals surface area contributed by atoms with Gasteiger partial charge in [0.25, 0.3) is 0 Å². The Kier molecular flexibility index (Phi) is 4.86. The van der Waals surface area contributed by atoms with E-state index in [0.29, 0.717) is 0 Å². The molecule has 0 aliphatic carbocycles. The predicted octanol–water partition coefficient (Wildman–Crippen LogP) is 2.32. The molecule has 1 saturated heterocycles. The zero-order valence-corrected chi connectivity index (χ0v) is 15.2. The van der Waals surface area contributed by atoms with Gasteiger partial charge in [0.1, 0.15) is 11.9 Å². The van der Waals surface area contributed by atoms with Crippen LogP contribution in [0.3, 0.4) is 0 Å². The number of carbonyl (C=O) groups excluding carboxylic acids is 1. The number of nitrogens with zero attached hydrogens (tertiary/aromatic N) is 5. The number of fused-ring (bicyclic) bond motifs is 1. The summed E-state index contributed by atoms with van der Waals surface area (Å²) in [5.74, 6) is 1.59. The Morgan fingerprint density at radius 3 is 2.62 bits per heavy atom. The van der Waals surface area contributed by atoms with E-state index in [0.717, 1.165) is 63.3 Å². The Labute approximate surface area is 153 Å². The number of hydrogen-bond acceptors (Lipinski definition) is 5. The SMILES string of the molecule is Cc1ccc(OC2CCN(C(=O)[C@@H]3CCCCn4nnnc43)CC2)cc1. The largest absolute Gasteiger partial charge is 0.490 e. The highest BCUT2D eigenvalue weighted by atomic mass is 16.5. The average Bonchev–Trinajstić information content (AvgIpc) is 3.03. The van der Waals surface area contributed by atoms with Crippen LogP contribution in [0.25, 0.3) is 0 Å². The number of rotatable bonds is 3. The van der Waals surface area contributed by atoms with E-state index in [4.69, 9.17) is 4.74 Å². The van der Waals surface area contributed by atoms with E-state index in [2.05, 4.69) is 34.6 Å². The predicted molar refractivity (Wildman–Crippen MR) is 95.8 cm³/mol. The topological polar surface area (TPSA) is 73.1 Å². The molecule has 1 amide bonds. The first-order chi connectivity index (χ1) is 12.7. The van der Waals surface area contributed by atoms with Gasteiger partial charge in [-0.15, -0.1) is 5.10 Å². The van der Waals surface area contributed by atoms with Gasteiger partial charge in [-0.25, -0.2) is 4.68 Å². The zero-order chi connectivity index (χ0) is 17.9. The number of hydrogen-bond donors (Lipinski definition) is 0. The molecule has 3 heterocycles. The number of likely N-dealkylation sites (tertiary alicyclic amines) is 1. The van der Waals surface area contributed by atoms with Gasteiger partial charge in [0.05, 0.1) is 5.92 Å². The Bertz CT molecular complexity index is 750. The van der Waals surface area contributed by atoms with E-state index in [1.165, 1.54) is 5.56 Å². The Balaban J connectivity index is 1.36. The lowest BCUT2D eigenvalue weighted by molar-refractivity contribution is -0.135. The second-order valence-electron chi connectivity index (χ2n) is 7.26. The van der Waals surface area contributed by atoms with Crippen molar-refractivity contribution in [3.05, 3.63) is 35.7 Å². The summed E-state index contributed by atoms with van der Waals surface area (Å²) < 4.78 is 7.87. The fourth-order valence-corrected chi connectivity index (χ4v) is 3.82. The second-order valence-corrected chi connectivity index (χ2v) is 7.26. The van der Waals surface area contributed by atoms with Crippen LogP contribution in [-0.2, 0) is 11.3 Å². The summed E-state index contributed by atoms with van der Waals surface area (Å²) in [7, 11) is 0. The van der Waals surface area contributed by atoms with E-state index in [9.17, 15) is 4.79 Å². The third-order valence-electron chi connectivity index (χ3n) is 5.36. The molecule has 0 saturated carbocycles. The molecule has 1 aromatic carbocycles. The molecule has 7 heteroatoms. The lowest BCUT2D eigenvalue weighted by atomic mass is 9.98. The van der Waals surface area contributed by atoms with Gasteiger partial charge in [-0.1, -0.05) is 24.1 Å². The molecule has 2 aromatic rings. The highest BCUT2D eigenvalue weighted by molar-refractivity contribution is 5.83. The van der Waals surface area contributed by atoms with Crippen molar-refractivity contribution >= 4 is 5.91 Å². The molecule has 138 valence electrons. The van der Waals surface area contributed by atoms with E-state index >= 15 is 0 Å². The van der Waals surface area contributed by atoms with Crippen molar-refractivity contribution in [2.45, 2.75) is 57.6 Å². The molecule has 0 unspecified atom stereocenters. The van der Waals surface area contributed by atoms with Crippen LogP contribution in [-0.4, -0.2) is 50.2 Å². The second kappa shape index (κ2) is 7.43. The third kappa shape index (κ3) is 3.57. The number of aryl methyl sites for hydroxylation is 2. The molecule has 7 nitrogen and oxygen atoms in total. The molecule has 1 fully saturated rings. The van der Waals surface area contributed by atoms with E-state index < -0.39 is 0 Å². The Hall–Kier alpha value is -2.44. The van der Waals surface area contributed by atoms with Gasteiger partial charge < -0.3 is 9.64 Å². The Morgan fingerprint density at radius 2 is 1.85 bits per heavy atom. The molecule has 1 atom stereocenters. The highest BCUT2D eigenvalue weighted by Gasteiger charge is 2.33. The fraction of sp³-hybridized carbons (Fsp3) is 0.579.